The molecule has 0 radical (unpaired) electrons. The summed E-state index contributed by atoms with van der Waals surface area (Å²) in [4.78, 5) is 36.0. The Bertz CT molecular complexity index is 2040. The molecule has 0 aliphatic carbocycles. The lowest BCUT2D eigenvalue weighted by Gasteiger charge is -2.24. The number of nitrogens with zero attached hydrogens (tertiary/aromatic N) is 1. The van der Waals surface area contributed by atoms with Crippen molar-refractivity contribution in [2.45, 2.75) is 367 Å². The minimum Gasteiger partial charge on any atom is -0.462 e. The van der Waals surface area contributed by atoms with E-state index < -0.39 is 26.5 Å². The first kappa shape index (κ1) is 92.4. The van der Waals surface area contributed by atoms with Gasteiger partial charge in [0.1, 0.15) is 19.8 Å². The molecule has 9 nitrogen and oxygen atoms in total. The van der Waals surface area contributed by atoms with Gasteiger partial charge >= 0.3 is 19.8 Å². The Balaban J connectivity index is 3.97. The van der Waals surface area contributed by atoms with Gasteiger partial charge in [-0.15, -0.1) is 0 Å². The second-order valence-electron chi connectivity index (χ2n) is 28.1. The van der Waals surface area contributed by atoms with Gasteiger partial charge in [-0.2, -0.15) is 0 Å². The summed E-state index contributed by atoms with van der Waals surface area (Å²) in [5.41, 5.74) is 0. The van der Waals surface area contributed by atoms with Crippen LogP contribution in [0, 0.1) is 0 Å². The Labute approximate surface area is 594 Å². The smallest absolute Gasteiger partial charge is 0.462 e. The zero-order valence-corrected chi connectivity index (χ0v) is 64.2. The first-order chi connectivity index (χ1) is 47.0. The molecule has 0 aliphatic heterocycles. The van der Waals surface area contributed by atoms with Crippen molar-refractivity contribution >= 4 is 19.8 Å². The quantitative estimate of drug-likeness (QED) is 0.0211. The molecule has 0 bridgehead atoms. The number of phosphoric acid groups is 1. The molecule has 2 atom stereocenters. The van der Waals surface area contributed by atoms with Gasteiger partial charge in [0.2, 0.25) is 0 Å². The van der Waals surface area contributed by atoms with Crippen LogP contribution in [-0.4, -0.2) is 74.9 Å². The molecule has 0 aromatic heterocycles. The highest BCUT2D eigenvalue weighted by atomic mass is 31.2. The number of allylic oxidation sites excluding steroid dienone is 20. The molecule has 0 heterocycles. The Morgan fingerprint density at radius 3 is 0.885 bits per heavy atom. The first-order valence-electron chi connectivity index (χ1n) is 40.3. The van der Waals surface area contributed by atoms with Crippen molar-refractivity contribution < 1.29 is 42.1 Å². The highest BCUT2D eigenvalue weighted by molar-refractivity contribution is 7.47. The summed E-state index contributed by atoms with van der Waals surface area (Å²) < 4.78 is 34.8. The number of carbonyl (C=O) groups is 2. The molecular formula is C86H153NO8P+. The molecule has 0 rings (SSSR count). The van der Waals surface area contributed by atoms with Crippen LogP contribution in [0.2, 0.25) is 0 Å². The minimum atomic E-state index is -4.40. The van der Waals surface area contributed by atoms with Gasteiger partial charge in [-0.25, -0.2) is 4.57 Å². The second-order valence-corrected chi connectivity index (χ2v) is 29.5. The second kappa shape index (κ2) is 75.6. The molecule has 0 aromatic rings. The van der Waals surface area contributed by atoms with E-state index in [4.69, 9.17) is 18.5 Å². The predicted molar refractivity (Wildman–Crippen MR) is 418 cm³/mol. The topological polar surface area (TPSA) is 108 Å². The third-order valence-electron chi connectivity index (χ3n) is 17.5. The van der Waals surface area contributed by atoms with Crippen LogP contribution in [0.15, 0.2) is 122 Å². The molecular weight excluding hydrogens is 1210 g/mol. The van der Waals surface area contributed by atoms with E-state index in [1.165, 1.54) is 231 Å². The normalized spacial score (nSPS) is 13.7. The summed E-state index contributed by atoms with van der Waals surface area (Å²) >= 11 is 0. The van der Waals surface area contributed by atoms with E-state index in [-0.39, 0.29) is 32.0 Å². The molecule has 10 heteroatoms. The summed E-state index contributed by atoms with van der Waals surface area (Å²) in [6, 6.07) is 0. The average molecular weight is 1360 g/mol. The van der Waals surface area contributed by atoms with E-state index in [0.717, 1.165) is 96.3 Å². The van der Waals surface area contributed by atoms with Crippen molar-refractivity contribution in [3.8, 4) is 0 Å². The van der Waals surface area contributed by atoms with E-state index in [0.29, 0.717) is 17.4 Å². The van der Waals surface area contributed by atoms with E-state index in [2.05, 4.69) is 135 Å². The van der Waals surface area contributed by atoms with Crippen LogP contribution in [0.4, 0.5) is 0 Å². The molecule has 0 saturated heterocycles. The number of phosphoric ester groups is 1. The third kappa shape index (κ3) is 79.4. The highest BCUT2D eigenvalue weighted by Crippen LogP contribution is 2.43. The van der Waals surface area contributed by atoms with Gasteiger partial charge in [0.25, 0.3) is 0 Å². The van der Waals surface area contributed by atoms with E-state index in [9.17, 15) is 19.0 Å². The van der Waals surface area contributed by atoms with Crippen LogP contribution < -0.4 is 0 Å². The third-order valence-corrected chi connectivity index (χ3v) is 18.5. The number of hydrogen-bond acceptors (Lipinski definition) is 7. The monoisotopic (exact) mass is 1360 g/mol. The summed E-state index contributed by atoms with van der Waals surface area (Å²) in [6.45, 7) is 4.35. The molecule has 0 aliphatic rings. The fourth-order valence-corrected chi connectivity index (χ4v) is 12.1. The zero-order valence-electron chi connectivity index (χ0n) is 63.3. The fraction of sp³-hybridized carbons (Fsp3) is 0.744. The van der Waals surface area contributed by atoms with Gasteiger partial charge in [0.05, 0.1) is 27.7 Å². The lowest BCUT2D eigenvalue weighted by molar-refractivity contribution is -0.870. The number of esters is 2. The number of hydrogen-bond donors (Lipinski definition) is 1. The van der Waals surface area contributed by atoms with Gasteiger partial charge in [0, 0.05) is 12.8 Å². The Hall–Kier alpha value is -3.59. The Morgan fingerprint density at radius 2 is 0.594 bits per heavy atom. The number of carbonyl (C=O) groups excluding carboxylic acids is 2. The number of unbranched alkanes of at least 4 members (excludes halogenated alkanes) is 40. The molecule has 554 valence electrons. The van der Waals surface area contributed by atoms with Crippen LogP contribution in [0.5, 0.6) is 0 Å². The summed E-state index contributed by atoms with van der Waals surface area (Å²) in [7, 11) is 1.48. The predicted octanol–water partition coefficient (Wildman–Crippen LogP) is 26.9. The number of ether oxygens (including phenoxy) is 2. The van der Waals surface area contributed by atoms with Crippen molar-refractivity contribution in [1.82, 2.24) is 0 Å². The van der Waals surface area contributed by atoms with Crippen LogP contribution in [-0.2, 0) is 32.7 Å². The molecule has 2 unspecified atom stereocenters. The number of rotatable bonds is 74. The molecule has 0 fully saturated rings. The fourth-order valence-electron chi connectivity index (χ4n) is 11.4. The molecule has 0 saturated carbocycles. The van der Waals surface area contributed by atoms with Crippen molar-refractivity contribution in [3.05, 3.63) is 122 Å². The van der Waals surface area contributed by atoms with E-state index in [1.54, 1.807) is 0 Å². The maximum Gasteiger partial charge on any atom is 0.472 e. The Morgan fingerprint density at radius 1 is 0.333 bits per heavy atom. The van der Waals surface area contributed by atoms with Gasteiger partial charge in [-0.05, 0) is 109 Å². The van der Waals surface area contributed by atoms with Gasteiger partial charge in [-0.3, -0.25) is 18.6 Å². The van der Waals surface area contributed by atoms with Gasteiger partial charge in [-0.1, -0.05) is 360 Å². The van der Waals surface area contributed by atoms with E-state index in [1.807, 2.05) is 21.1 Å². The highest BCUT2D eigenvalue weighted by Gasteiger charge is 2.27. The van der Waals surface area contributed by atoms with Crippen LogP contribution in [0.25, 0.3) is 0 Å². The lowest BCUT2D eigenvalue weighted by atomic mass is 10.0. The summed E-state index contributed by atoms with van der Waals surface area (Å²) in [5, 5.41) is 0. The number of likely N-dealkylation sites (N-methyl/N-ethyl adjacent to an activating group) is 1. The molecule has 0 spiro atoms. The summed E-state index contributed by atoms with van der Waals surface area (Å²) in [5.74, 6) is -0.785. The van der Waals surface area contributed by atoms with Crippen LogP contribution in [0.3, 0.4) is 0 Å². The number of quaternary nitrogens is 1. The first-order valence-corrected chi connectivity index (χ1v) is 41.8. The van der Waals surface area contributed by atoms with Crippen molar-refractivity contribution in [2.75, 3.05) is 47.5 Å². The van der Waals surface area contributed by atoms with Crippen molar-refractivity contribution in [2.24, 2.45) is 0 Å². The Kier molecular flexibility index (Phi) is 72.8. The largest absolute Gasteiger partial charge is 0.472 e. The molecule has 1 N–H and O–H groups in total. The molecule has 96 heavy (non-hydrogen) atoms. The van der Waals surface area contributed by atoms with Gasteiger partial charge in [0.15, 0.2) is 6.10 Å². The van der Waals surface area contributed by atoms with Crippen LogP contribution >= 0.6 is 7.82 Å². The minimum absolute atomic E-state index is 0.0299. The van der Waals surface area contributed by atoms with Gasteiger partial charge < -0.3 is 18.9 Å². The van der Waals surface area contributed by atoms with E-state index >= 15 is 0 Å². The molecule has 0 aromatic carbocycles. The zero-order chi connectivity index (χ0) is 69.7. The summed E-state index contributed by atoms with van der Waals surface area (Å²) in [6.07, 6.45) is 109. The standard InChI is InChI=1S/C86H152NO8P/c1-6-8-10-12-14-16-18-20-22-24-26-28-30-32-34-36-38-39-40-41-42-43-44-45-46-47-49-51-53-55-57-59-61-63-65-67-69-71-73-75-77-79-86(89)95-84(83-94-96(90,91)93-81-80-87(3,4)5)82-92-85(88)78-76-74-72-70-68-66-64-62-60-58-56-54-52-50-48-37-35-33-31-29-27-25-23-21-19-17-15-13-11-9-7-2/h8,10,14,16,19-22,25-28,32,34,38-39,41-42,44-45,84H,6-7,9,11-13,15,17-18,23-24,29-31,33,35-37,40,43,46-83H2,1-5H3/p+1/b10-8-,16-14-,21-19-,22-20-,27-25-,28-26-,34-32-,39-38-,42-41-,45-44-. The van der Waals surface area contributed by atoms with Crippen LogP contribution in [0.1, 0.15) is 361 Å². The van der Waals surface area contributed by atoms with Crippen molar-refractivity contribution in [3.63, 3.8) is 0 Å². The molecule has 0 amide bonds. The SMILES string of the molecule is CC/C=C\C/C=C\C/C=C\C/C=C\C/C=C\C/C=C\C/C=C\C/C=C\CCCCCCCCCCCCCCCCCCC(=O)OC(COC(=O)CCCCCCCCCCCCCCCCCCCCC/C=C\C/C=C\CCCCCCC)COP(=O)(O)OCC[N+](C)(C)C. The maximum absolute atomic E-state index is 12.9. The average Bonchev–Trinajstić information content (AvgIpc) is 2.54. The lowest BCUT2D eigenvalue weighted by Crippen LogP contribution is -2.37. The van der Waals surface area contributed by atoms with Crippen molar-refractivity contribution in [1.29, 1.82) is 0 Å². The maximum atomic E-state index is 12.9.